The quantitative estimate of drug-likeness (QED) is 0.539. The molecular weight excluding hydrogens is 338 g/mol. The predicted molar refractivity (Wildman–Crippen MR) is 104 cm³/mol. The van der Waals surface area contributed by atoms with Gasteiger partial charge in [-0.05, 0) is 35.4 Å². The molecule has 5 rings (SSSR count). The van der Waals surface area contributed by atoms with Crippen LogP contribution in [0.5, 0.6) is 0 Å². The molecule has 0 spiro atoms. The first-order chi connectivity index (χ1) is 13.3. The van der Waals surface area contributed by atoms with Gasteiger partial charge in [0.1, 0.15) is 11.2 Å². The van der Waals surface area contributed by atoms with Crippen LogP contribution in [0.3, 0.4) is 0 Å². The number of benzene rings is 1. The number of nitrogens with one attached hydrogen (secondary N) is 1. The van der Waals surface area contributed by atoms with E-state index >= 15 is 0 Å². The second-order valence-corrected chi connectivity index (χ2v) is 6.39. The van der Waals surface area contributed by atoms with Crippen molar-refractivity contribution in [2.75, 3.05) is 0 Å². The minimum Gasteiger partial charge on any atom is -0.346 e. The van der Waals surface area contributed by atoms with E-state index in [-0.39, 0.29) is 5.56 Å². The number of hydrogen-bond acceptors (Lipinski definition) is 4. The van der Waals surface area contributed by atoms with E-state index in [2.05, 4.69) is 38.1 Å². The highest BCUT2D eigenvalue weighted by Crippen LogP contribution is 2.23. The maximum Gasteiger partial charge on any atom is 0.269 e. The summed E-state index contributed by atoms with van der Waals surface area (Å²) in [5.41, 5.74) is 5.37. The molecule has 0 aliphatic carbocycles. The fourth-order valence-corrected chi connectivity index (χ4v) is 3.31. The van der Waals surface area contributed by atoms with Gasteiger partial charge in [-0.15, -0.1) is 0 Å². The Hall–Kier alpha value is -3.80. The predicted octanol–water partition coefficient (Wildman–Crippen LogP) is 3.38. The molecular formula is C21H15N5O. The molecule has 4 aromatic heterocycles. The summed E-state index contributed by atoms with van der Waals surface area (Å²) in [5.74, 6) is 0. The van der Waals surface area contributed by atoms with Gasteiger partial charge in [0.15, 0.2) is 0 Å². The first kappa shape index (κ1) is 15.5. The molecule has 0 saturated heterocycles. The molecule has 130 valence electrons. The monoisotopic (exact) mass is 353 g/mol. The van der Waals surface area contributed by atoms with Gasteiger partial charge in [0.25, 0.3) is 5.56 Å². The first-order valence-corrected chi connectivity index (χ1v) is 8.60. The number of fused-ring (bicyclic) bond motifs is 2. The van der Waals surface area contributed by atoms with Crippen LogP contribution in [-0.2, 0) is 6.54 Å². The molecule has 1 N–H and O–H groups in total. The summed E-state index contributed by atoms with van der Waals surface area (Å²) in [6.45, 7) is 0.468. The van der Waals surface area contributed by atoms with Crippen LogP contribution >= 0.6 is 0 Å². The number of pyridine rings is 2. The summed E-state index contributed by atoms with van der Waals surface area (Å²) in [5, 5.41) is 1.07. The number of nitrogens with zero attached hydrogens (tertiary/aromatic N) is 4. The average molecular weight is 353 g/mol. The van der Waals surface area contributed by atoms with Gasteiger partial charge in [0, 0.05) is 29.5 Å². The minimum atomic E-state index is -0.130. The molecule has 0 radical (unpaired) electrons. The fourth-order valence-electron chi connectivity index (χ4n) is 3.31. The first-order valence-electron chi connectivity index (χ1n) is 8.60. The Morgan fingerprint density at radius 3 is 2.89 bits per heavy atom. The van der Waals surface area contributed by atoms with Gasteiger partial charge in [-0.2, -0.15) is 0 Å². The second-order valence-electron chi connectivity index (χ2n) is 6.39. The van der Waals surface area contributed by atoms with Crippen LogP contribution in [0.4, 0.5) is 0 Å². The molecule has 0 amide bonds. The van der Waals surface area contributed by atoms with E-state index in [0.717, 1.165) is 33.2 Å². The van der Waals surface area contributed by atoms with Gasteiger partial charge < -0.3 is 9.55 Å². The molecule has 0 bridgehead atoms. The SMILES string of the molecule is O=c1cnc2cnccc2n1Cc1cccc(-c2cnc3[nH]ccc3c2)c1. The van der Waals surface area contributed by atoms with E-state index in [1.807, 2.05) is 36.7 Å². The van der Waals surface area contributed by atoms with Crippen molar-refractivity contribution in [1.82, 2.24) is 24.5 Å². The van der Waals surface area contributed by atoms with Crippen LogP contribution < -0.4 is 5.56 Å². The highest BCUT2D eigenvalue weighted by Gasteiger charge is 2.07. The van der Waals surface area contributed by atoms with Crippen molar-refractivity contribution in [2.24, 2.45) is 0 Å². The maximum absolute atomic E-state index is 12.4. The van der Waals surface area contributed by atoms with E-state index in [0.29, 0.717) is 12.1 Å². The van der Waals surface area contributed by atoms with E-state index in [9.17, 15) is 4.79 Å². The van der Waals surface area contributed by atoms with Crippen LogP contribution in [0.15, 0.2) is 78.2 Å². The zero-order valence-corrected chi connectivity index (χ0v) is 14.3. The number of rotatable bonds is 3. The number of aromatic amines is 1. The lowest BCUT2D eigenvalue weighted by Crippen LogP contribution is -2.21. The Balaban J connectivity index is 1.57. The Morgan fingerprint density at radius 1 is 0.963 bits per heavy atom. The maximum atomic E-state index is 12.4. The molecule has 0 saturated carbocycles. The third-order valence-corrected chi connectivity index (χ3v) is 4.65. The molecule has 0 aliphatic rings. The fraction of sp³-hybridized carbons (Fsp3) is 0.0476. The number of hydrogen-bond donors (Lipinski definition) is 1. The summed E-state index contributed by atoms with van der Waals surface area (Å²) < 4.78 is 1.72. The van der Waals surface area contributed by atoms with Crippen molar-refractivity contribution in [2.45, 2.75) is 6.54 Å². The van der Waals surface area contributed by atoms with E-state index in [1.165, 1.54) is 6.20 Å². The van der Waals surface area contributed by atoms with Crippen LogP contribution in [-0.4, -0.2) is 24.5 Å². The molecule has 27 heavy (non-hydrogen) atoms. The lowest BCUT2D eigenvalue weighted by molar-refractivity contribution is 0.786. The standard InChI is InChI=1S/C21H15N5O/c27-20-12-24-18-11-22-6-5-19(18)26(20)13-14-2-1-3-15(8-14)17-9-16-4-7-23-21(16)25-10-17/h1-12H,13H2,(H,23,25). The topological polar surface area (TPSA) is 76.5 Å². The molecule has 6 heteroatoms. The highest BCUT2D eigenvalue weighted by molar-refractivity contribution is 5.81. The third-order valence-electron chi connectivity index (χ3n) is 4.65. The smallest absolute Gasteiger partial charge is 0.269 e. The Labute approximate surface area is 154 Å². The largest absolute Gasteiger partial charge is 0.346 e. The lowest BCUT2D eigenvalue weighted by atomic mass is 10.0. The van der Waals surface area contributed by atoms with Gasteiger partial charge in [0.05, 0.1) is 24.5 Å². The number of aromatic nitrogens is 5. The molecule has 0 atom stereocenters. The highest BCUT2D eigenvalue weighted by atomic mass is 16.1. The summed E-state index contributed by atoms with van der Waals surface area (Å²) >= 11 is 0. The van der Waals surface area contributed by atoms with Crippen LogP contribution in [0, 0.1) is 0 Å². The molecule has 1 aromatic carbocycles. The summed E-state index contributed by atoms with van der Waals surface area (Å²) in [7, 11) is 0. The molecule has 0 unspecified atom stereocenters. The van der Waals surface area contributed by atoms with Gasteiger partial charge in [-0.25, -0.2) is 9.97 Å². The van der Waals surface area contributed by atoms with E-state index in [4.69, 9.17) is 0 Å². The van der Waals surface area contributed by atoms with Gasteiger partial charge in [-0.1, -0.05) is 18.2 Å². The molecule has 0 aliphatic heterocycles. The summed E-state index contributed by atoms with van der Waals surface area (Å²) in [4.78, 5) is 28.2. The third kappa shape index (κ3) is 2.77. The Morgan fingerprint density at radius 2 is 1.93 bits per heavy atom. The molecule has 5 aromatic rings. The zero-order chi connectivity index (χ0) is 18.2. The van der Waals surface area contributed by atoms with Crippen LogP contribution in [0.1, 0.15) is 5.56 Å². The van der Waals surface area contributed by atoms with Gasteiger partial charge >= 0.3 is 0 Å². The van der Waals surface area contributed by atoms with Crippen molar-refractivity contribution in [1.29, 1.82) is 0 Å². The number of H-pyrrole nitrogens is 1. The Kier molecular flexibility index (Phi) is 3.53. The molecule has 0 fully saturated rings. The van der Waals surface area contributed by atoms with Gasteiger partial charge in [-0.3, -0.25) is 9.78 Å². The average Bonchev–Trinajstić information content (AvgIpc) is 3.18. The van der Waals surface area contributed by atoms with Crippen molar-refractivity contribution in [3.63, 3.8) is 0 Å². The van der Waals surface area contributed by atoms with Crippen molar-refractivity contribution in [3.05, 3.63) is 89.4 Å². The van der Waals surface area contributed by atoms with Crippen molar-refractivity contribution >= 4 is 22.1 Å². The van der Waals surface area contributed by atoms with Crippen LogP contribution in [0.2, 0.25) is 0 Å². The van der Waals surface area contributed by atoms with Crippen LogP contribution in [0.25, 0.3) is 33.2 Å². The summed E-state index contributed by atoms with van der Waals surface area (Å²) in [6.07, 6.45) is 8.43. The Bertz CT molecular complexity index is 1340. The van der Waals surface area contributed by atoms with Gasteiger partial charge in [0.2, 0.25) is 0 Å². The molecule has 4 heterocycles. The van der Waals surface area contributed by atoms with E-state index < -0.39 is 0 Å². The lowest BCUT2D eigenvalue weighted by Gasteiger charge is -2.10. The van der Waals surface area contributed by atoms with Crippen molar-refractivity contribution < 1.29 is 0 Å². The zero-order valence-electron chi connectivity index (χ0n) is 14.3. The van der Waals surface area contributed by atoms with Crippen molar-refractivity contribution in [3.8, 4) is 11.1 Å². The van der Waals surface area contributed by atoms with E-state index in [1.54, 1.807) is 17.0 Å². The summed E-state index contributed by atoms with van der Waals surface area (Å²) in [6, 6.07) is 14.1. The second kappa shape index (κ2) is 6.17. The molecule has 6 nitrogen and oxygen atoms in total. The normalized spacial score (nSPS) is 11.3. The minimum absolute atomic E-state index is 0.130.